The van der Waals surface area contributed by atoms with Crippen LogP contribution in [0.3, 0.4) is 0 Å². The van der Waals surface area contributed by atoms with Crippen LogP contribution in [0.25, 0.3) is 0 Å². The lowest BCUT2D eigenvalue weighted by Crippen LogP contribution is -2.50. The molecule has 29 heavy (non-hydrogen) atoms. The summed E-state index contributed by atoms with van der Waals surface area (Å²) in [6.45, 7) is 3.24. The van der Waals surface area contributed by atoms with Gasteiger partial charge in [-0.25, -0.2) is 14.8 Å². The molecule has 0 atom stereocenters. The Morgan fingerprint density at radius 1 is 1.10 bits per heavy atom. The van der Waals surface area contributed by atoms with Crippen LogP contribution in [-0.2, 0) is 6.54 Å². The van der Waals surface area contributed by atoms with Gasteiger partial charge in [-0.1, -0.05) is 35.3 Å². The summed E-state index contributed by atoms with van der Waals surface area (Å²) >= 11 is 12.2. The lowest BCUT2D eigenvalue weighted by Gasteiger charge is -2.35. The minimum absolute atomic E-state index is 0.109. The van der Waals surface area contributed by atoms with E-state index in [2.05, 4.69) is 20.2 Å². The first-order valence-corrected chi connectivity index (χ1v) is 10.0. The smallest absolute Gasteiger partial charge is 0.321 e. The number of nitrogens with zero attached hydrogens (tertiary/aromatic N) is 5. The summed E-state index contributed by atoms with van der Waals surface area (Å²) < 4.78 is 1.99. The third-order valence-electron chi connectivity index (χ3n) is 4.78. The van der Waals surface area contributed by atoms with Gasteiger partial charge in [0, 0.05) is 57.0 Å². The van der Waals surface area contributed by atoms with Crippen molar-refractivity contribution in [2.45, 2.75) is 6.54 Å². The molecule has 3 aromatic rings. The topological polar surface area (TPSA) is 66.3 Å². The third-order valence-corrected chi connectivity index (χ3v) is 5.27. The molecule has 3 heterocycles. The Kier molecular flexibility index (Phi) is 5.87. The summed E-state index contributed by atoms with van der Waals surface area (Å²) in [5, 5.41) is 3.99. The van der Waals surface area contributed by atoms with Gasteiger partial charge in [-0.3, -0.25) is 0 Å². The number of anilines is 2. The van der Waals surface area contributed by atoms with Crippen molar-refractivity contribution >= 4 is 40.7 Å². The largest absolute Gasteiger partial charge is 0.352 e. The van der Waals surface area contributed by atoms with Crippen LogP contribution in [0.2, 0.25) is 10.0 Å². The van der Waals surface area contributed by atoms with E-state index in [0.717, 1.165) is 17.8 Å². The highest BCUT2D eigenvalue weighted by atomic mass is 35.5. The number of rotatable bonds is 4. The molecule has 1 saturated heterocycles. The fourth-order valence-electron chi connectivity index (χ4n) is 3.25. The maximum Gasteiger partial charge on any atom is 0.321 e. The maximum absolute atomic E-state index is 12.6. The number of urea groups is 1. The molecule has 0 radical (unpaired) electrons. The molecule has 0 unspecified atom stereocenters. The quantitative estimate of drug-likeness (QED) is 0.679. The predicted molar refractivity (Wildman–Crippen MR) is 115 cm³/mol. The number of carbonyl (C=O) groups excluding carboxylic acids is 1. The van der Waals surface area contributed by atoms with Crippen molar-refractivity contribution in [3.63, 3.8) is 0 Å². The van der Waals surface area contributed by atoms with E-state index >= 15 is 0 Å². The first kappa shape index (κ1) is 19.5. The fourth-order valence-corrected chi connectivity index (χ4v) is 3.75. The molecule has 2 aromatic heterocycles. The van der Waals surface area contributed by atoms with E-state index in [1.54, 1.807) is 29.7 Å². The maximum atomic E-state index is 12.6. The van der Waals surface area contributed by atoms with Gasteiger partial charge in [-0.15, -0.1) is 0 Å². The number of pyridine rings is 1. The second-order valence-electron chi connectivity index (χ2n) is 6.80. The lowest BCUT2D eigenvalue weighted by atomic mass is 10.2. The standard InChI is InChI=1S/C20H20Cl2N6O/c21-16-11-18(22)19(24-12-16)27-7-9-28(10-8-27)20(29)25-17-3-1-15(2-4-17)13-26-6-5-23-14-26/h1-6,11-12,14H,7-10,13H2,(H,25,29). The second-order valence-corrected chi connectivity index (χ2v) is 7.64. The van der Waals surface area contributed by atoms with Crippen molar-refractivity contribution in [1.29, 1.82) is 0 Å². The number of carbonyl (C=O) groups is 1. The van der Waals surface area contributed by atoms with E-state index in [-0.39, 0.29) is 6.03 Å². The van der Waals surface area contributed by atoms with Crippen LogP contribution < -0.4 is 10.2 Å². The van der Waals surface area contributed by atoms with E-state index in [1.165, 1.54) is 0 Å². The van der Waals surface area contributed by atoms with E-state index in [4.69, 9.17) is 23.2 Å². The number of piperazine rings is 1. The molecule has 1 N–H and O–H groups in total. The van der Waals surface area contributed by atoms with Crippen LogP contribution in [-0.4, -0.2) is 51.6 Å². The molecule has 9 heteroatoms. The summed E-state index contributed by atoms with van der Waals surface area (Å²) in [6, 6.07) is 9.40. The number of hydrogen-bond acceptors (Lipinski definition) is 4. The molecule has 4 rings (SSSR count). The van der Waals surface area contributed by atoms with Crippen LogP contribution in [0.4, 0.5) is 16.3 Å². The molecule has 2 amide bonds. The average molecular weight is 431 g/mol. The highest BCUT2D eigenvalue weighted by Crippen LogP contribution is 2.26. The lowest BCUT2D eigenvalue weighted by molar-refractivity contribution is 0.208. The molecule has 0 spiro atoms. The van der Waals surface area contributed by atoms with E-state index in [0.29, 0.717) is 42.0 Å². The zero-order valence-corrected chi connectivity index (χ0v) is 17.1. The molecule has 0 bridgehead atoms. The molecular formula is C20H20Cl2N6O. The zero-order valence-electron chi connectivity index (χ0n) is 15.6. The third kappa shape index (κ3) is 4.81. The summed E-state index contributed by atoms with van der Waals surface area (Å²) in [5.41, 5.74) is 1.91. The number of amides is 2. The molecule has 150 valence electrons. The van der Waals surface area contributed by atoms with Gasteiger partial charge in [0.2, 0.25) is 0 Å². The second kappa shape index (κ2) is 8.71. The van der Waals surface area contributed by atoms with Crippen molar-refractivity contribution in [3.8, 4) is 0 Å². The van der Waals surface area contributed by atoms with Crippen LogP contribution in [0, 0.1) is 0 Å². The highest BCUT2D eigenvalue weighted by molar-refractivity contribution is 6.36. The van der Waals surface area contributed by atoms with Gasteiger partial charge >= 0.3 is 6.03 Å². The van der Waals surface area contributed by atoms with Crippen molar-refractivity contribution < 1.29 is 4.79 Å². The Morgan fingerprint density at radius 2 is 1.86 bits per heavy atom. The summed E-state index contributed by atoms with van der Waals surface area (Å²) in [6.07, 6.45) is 7.04. The molecular weight excluding hydrogens is 411 g/mol. The van der Waals surface area contributed by atoms with Crippen molar-refractivity contribution in [3.05, 3.63) is 70.9 Å². The SMILES string of the molecule is O=C(Nc1ccc(Cn2ccnc2)cc1)N1CCN(c2ncc(Cl)cc2Cl)CC1. The number of aromatic nitrogens is 3. The van der Waals surface area contributed by atoms with Gasteiger partial charge in [0.1, 0.15) is 5.82 Å². The minimum Gasteiger partial charge on any atom is -0.352 e. The van der Waals surface area contributed by atoms with Gasteiger partial charge in [0.15, 0.2) is 0 Å². The monoisotopic (exact) mass is 430 g/mol. The molecule has 1 aromatic carbocycles. The Hall–Kier alpha value is -2.77. The van der Waals surface area contributed by atoms with Gasteiger partial charge in [0.05, 0.1) is 16.4 Å². The normalized spacial score (nSPS) is 14.1. The van der Waals surface area contributed by atoms with Crippen molar-refractivity contribution in [1.82, 2.24) is 19.4 Å². The number of hydrogen-bond donors (Lipinski definition) is 1. The molecule has 1 aliphatic heterocycles. The Bertz CT molecular complexity index is 969. The predicted octanol–water partition coefficient (Wildman–Crippen LogP) is 3.99. The molecule has 7 nitrogen and oxygen atoms in total. The van der Waals surface area contributed by atoms with E-state index in [1.807, 2.05) is 35.0 Å². The average Bonchev–Trinajstić information content (AvgIpc) is 3.23. The number of imidazole rings is 1. The fraction of sp³-hybridized carbons (Fsp3) is 0.250. The number of halogens is 2. The van der Waals surface area contributed by atoms with Gasteiger partial charge in [0.25, 0.3) is 0 Å². The summed E-state index contributed by atoms with van der Waals surface area (Å²) in [4.78, 5) is 24.8. The van der Waals surface area contributed by atoms with E-state index in [9.17, 15) is 4.79 Å². The van der Waals surface area contributed by atoms with Crippen LogP contribution >= 0.6 is 23.2 Å². The van der Waals surface area contributed by atoms with Crippen molar-refractivity contribution in [2.75, 3.05) is 36.4 Å². The highest BCUT2D eigenvalue weighted by Gasteiger charge is 2.23. The Labute approximate surface area is 178 Å². The van der Waals surface area contributed by atoms with Crippen molar-refractivity contribution in [2.24, 2.45) is 0 Å². The molecule has 0 saturated carbocycles. The molecule has 1 aliphatic rings. The van der Waals surface area contributed by atoms with Gasteiger partial charge < -0.3 is 19.7 Å². The summed E-state index contributed by atoms with van der Waals surface area (Å²) in [5.74, 6) is 0.699. The first-order valence-electron chi connectivity index (χ1n) is 9.25. The Morgan fingerprint density at radius 3 is 2.52 bits per heavy atom. The van der Waals surface area contributed by atoms with Crippen LogP contribution in [0.1, 0.15) is 5.56 Å². The first-order chi connectivity index (χ1) is 14.1. The minimum atomic E-state index is -0.109. The van der Waals surface area contributed by atoms with Crippen LogP contribution in [0.5, 0.6) is 0 Å². The Balaban J connectivity index is 1.30. The van der Waals surface area contributed by atoms with Gasteiger partial charge in [-0.2, -0.15) is 0 Å². The van der Waals surface area contributed by atoms with Crippen LogP contribution in [0.15, 0.2) is 55.2 Å². The van der Waals surface area contributed by atoms with E-state index < -0.39 is 0 Å². The van der Waals surface area contributed by atoms with Gasteiger partial charge in [-0.05, 0) is 23.8 Å². The number of benzene rings is 1. The number of nitrogens with one attached hydrogen (secondary N) is 1. The zero-order chi connectivity index (χ0) is 20.2. The molecule has 1 fully saturated rings. The summed E-state index contributed by atoms with van der Waals surface area (Å²) in [7, 11) is 0. The molecule has 0 aliphatic carbocycles.